The number of carbonyl (C=O) groups is 1. The van der Waals surface area contributed by atoms with Crippen molar-refractivity contribution < 1.29 is 9.90 Å². The normalized spacial score (nSPS) is 38.4. The lowest BCUT2D eigenvalue weighted by Gasteiger charge is -2.42. The maximum absolute atomic E-state index is 10.2. The van der Waals surface area contributed by atoms with Gasteiger partial charge in [0.1, 0.15) is 0 Å². The maximum Gasteiger partial charge on any atom is 0.405 e. The van der Waals surface area contributed by atoms with Crippen LogP contribution in [0.15, 0.2) is 0 Å². The summed E-state index contributed by atoms with van der Waals surface area (Å²) < 4.78 is 0. The number of hydrogen-bond acceptors (Lipinski definition) is 2. The molecule has 0 heterocycles. The van der Waals surface area contributed by atoms with E-state index in [2.05, 4.69) is 5.32 Å². The summed E-state index contributed by atoms with van der Waals surface area (Å²) in [5, 5.41) is 10.8. The van der Waals surface area contributed by atoms with E-state index in [1.54, 1.807) is 0 Å². The topological polar surface area (TPSA) is 75.3 Å². The molecule has 0 aromatic carbocycles. The van der Waals surface area contributed by atoms with E-state index >= 15 is 0 Å². The van der Waals surface area contributed by atoms with E-state index in [0.717, 1.165) is 12.8 Å². The number of nitrogens with two attached hydrogens (primary N) is 1. The lowest BCUT2D eigenvalue weighted by atomic mass is 9.75. The molecule has 0 unspecified atom stereocenters. The van der Waals surface area contributed by atoms with Crippen LogP contribution < -0.4 is 11.1 Å². The van der Waals surface area contributed by atoms with Gasteiger partial charge in [0.25, 0.3) is 0 Å². The van der Waals surface area contributed by atoms with E-state index < -0.39 is 6.09 Å². The average molecular weight is 144 g/mol. The van der Waals surface area contributed by atoms with Crippen LogP contribution in [0.5, 0.6) is 0 Å². The minimum absolute atomic E-state index is 0.178. The summed E-state index contributed by atoms with van der Waals surface area (Å²) in [6, 6.07) is 0.178. The largest absolute Gasteiger partial charge is 0.465 e. The molecule has 0 atom stereocenters. The molecule has 1 amide bonds. The second-order valence-electron chi connectivity index (χ2n) is 3.16. The Morgan fingerprint density at radius 1 is 1.80 bits per heavy atom. The van der Waals surface area contributed by atoms with Gasteiger partial charge in [0.15, 0.2) is 0 Å². The highest BCUT2D eigenvalue weighted by Crippen LogP contribution is 2.29. The Bertz CT molecular complexity index is 152. The van der Waals surface area contributed by atoms with Crippen LogP contribution in [0.2, 0.25) is 0 Å². The van der Waals surface area contributed by atoms with Gasteiger partial charge in [-0.2, -0.15) is 0 Å². The molecule has 10 heavy (non-hydrogen) atoms. The molecule has 0 aromatic heterocycles. The zero-order chi connectivity index (χ0) is 7.78. The van der Waals surface area contributed by atoms with Gasteiger partial charge in [0.2, 0.25) is 0 Å². The van der Waals surface area contributed by atoms with Crippen molar-refractivity contribution in [2.75, 3.05) is 0 Å². The minimum atomic E-state index is -0.964. The van der Waals surface area contributed by atoms with Crippen molar-refractivity contribution in [3.05, 3.63) is 0 Å². The average Bonchev–Trinajstić information content (AvgIpc) is 1.57. The second kappa shape index (κ2) is 2.12. The first-order chi connectivity index (χ1) is 4.52. The Kier molecular flexibility index (Phi) is 1.56. The van der Waals surface area contributed by atoms with Crippen molar-refractivity contribution in [1.82, 2.24) is 5.32 Å². The maximum atomic E-state index is 10.2. The van der Waals surface area contributed by atoms with Crippen molar-refractivity contribution in [2.45, 2.75) is 31.3 Å². The molecule has 4 nitrogen and oxygen atoms in total. The van der Waals surface area contributed by atoms with Crippen LogP contribution in [-0.2, 0) is 0 Å². The van der Waals surface area contributed by atoms with Crippen LogP contribution in [0, 0.1) is 0 Å². The summed E-state index contributed by atoms with van der Waals surface area (Å²) in [4.78, 5) is 10.2. The summed E-state index contributed by atoms with van der Waals surface area (Å²) in [5.74, 6) is 0. The van der Waals surface area contributed by atoms with Gasteiger partial charge in [-0.3, -0.25) is 0 Å². The Labute approximate surface area is 59.4 Å². The zero-order valence-electron chi connectivity index (χ0n) is 5.92. The number of nitrogens with one attached hydrogen (secondary N) is 1. The van der Waals surface area contributed by atoms with Crippen molar-refractivity contribution >= 4 is 6.09 Å². The SMILES string of the molecule is CC1(NC(=O)O)CC(N)C1. The first kappa shape index (κ1) is 7.34. The van der Waals surface area contributed by atoms with Crippen LogP contribution in [0.25, 0.3) is 0 Å². The summed E-state index contributed by atoms with van der Waals surface area (Å²) in [7, 11) is 0. The van der Waals surface area contributed by atoms with Crippen LogP contribution in [0.3, 0.4) is 0 Å². The van der Waals surface area contributed by atoms with E-state index in [-0.39, 0.29) is 11.6 Å². The highest BCUT2D eigenvalue weighted by molar-refractivity contribution is 5.65. The van der Waals surface area contributed by atoms with Crippen molar-refractivity contribution in [3.8, 4) is 0 Å². The highest BCUT2D eigenvalue weighted by Gasteiger charge is 2.39. The van der Waals surface area contributed by atoms with Crippen LogP contribution >= 0.6 is 0 Å². The zero-order valence-corrected chi connectivity index (χ0v) is 5.92. The molecule has 1 aliphatic carbocycles. The smallest absolute Gasteiger partial charge is 0.405 e. The van der Waals surface area contributed by atoms with Crippen molar-refractivity contribution in [3.63, 3.8) is 0 Å². The predicted molar refractivity (Wildman–Crippen MR) is 36.8 cm³/mol. The quantitative estimate of drug-likeness (QED) is 0.489. The van der Waals surface area contributed by atoms with E-state index in [4.69, 9.17) is 10.8 Å². The van der Waals surface area contributed by atoms with Gasteiger partial charge < -0.3 is 16.2 Å². The molecule has 1 aliphatic rings. The molecule has 0 spiro atoms. The molecular formula is C6H12N2O2. The number of amides is 1. The Morgan fingerprint density at radius 3 is 2.60 bits per heavy atom. The number of rotatable bonds is 1. The highest BCUT2D eigenvalue weighted by atomic mass is 16.4. The van der Waals surface area contributed by atoms with Gasteiger partial charge in [-0.05, 0) is 19.8 Å². The van der Waals surface area contributed by atoms with Gasteiger partial charge in [-0.1, -0.05) is 0 Å². The predicted octanol–water partition coefficient (Wildman–Crippen LogP) is 0.134. The second-order valence-corrected chi connectivity index (χ2v) is 3.16. The van der Waals surface area contributed by atoms with Crippen LogP contribution in [0.4, 0.5) is 4.79 Å². The van der Waals surface area contributed by atoms with Crippen LogP contribution in [0.1, 0.15) is 19.8 Å². The van der Waals surface area contributed by atoms with Crippen molar-refractivity contribution in [2.24, 2.45) is 5.73 Å². The number of hydrogen-bond donors (Lipinski definition) is 3. The fraction of sp³-hybridized carbons (Fsp3) is 0.833. The van der Waals surface area contributed by atoms with E-state index in [0.29, 0.717) is 0 Å². The van der Waals surface area contributed by atoms with Gasteiger partial charge in [-0.25, -0.2) is 4.79 Å². The molecule has 0 radical (unpaired) electrons. The van der Waals surface area contributed by atoms with Gasteiger partial charge in [0, 0.05) is 11.6 Å². The van der Waals surface area contributed by atoms with Gasteiger partial charge in [-0.15, -0.1) is 0 Å². The Morgan fingerprint density at radius 2 is 2.30 bits per heavy atom. The molecule has 58 valence electrons. The molecule has 0 aromatic rings. The minimum Gasteiger partial charge on any atom is -0.465 e. The molecule has 4 heteroatoms. The van der Waals surface area contributed by atoms with E-state index in [1.165, 1.54) is 0 Å². The summed E-state index contributed by atoms with van der Waals surface area (Å²) in [5.41, 5.74) is 5.24. The Hall–Kier alpha value is -0.770. The third-order valence-electron chi connectivity index (χ3n) is 1.83. The standard InChI is InChI=1S/C6H12N2O2/c1-6(8-5(9)10)2-4(7)3-6/h4,8H,2-3,7H2,1H3,(H,9,10). The summed E-state index contributed by atoms with van der Waals surface area (Å²) in [6.45, 7) is 1.87. The molecular weight excluding hydrogens is 132 g/mol. The lowest BCUT2D eigenvalue weighted by molar-refractivity contribution is 0.142. The molecule has 1 saturated carbocycles. The van der Waals surface area contributed by atoms with Gasteiger partial charge >= 0.3 is 6.09 Å². The Balaban J connectivity index is 2.34. The van der Waals surface area contributed by atoms with Gasteiger partial charge in [0.05, 0.1) is 0 Å². The molecule has 1 fully saturated rings. The lowest BCUT2D eigenvalue weighted by Crippen LogP contribution is -2.59. The fourth-order valence-electron chi connectivity index (χ4n) is 1.46. The number of carboxylic acid groups (broad SMARTS) is 1. The summed E-state index contributed by atoms with van der Waals surface area (Å²) >= 11 is 0. The molecule has 0 aliphatic heterocycles. The molecule has 0 saturated heterocycles. The molecule has 1 rings (SSSR count). The third-order valence-corrected chi connectivity index (χ3v) is 1.83. The monoisotopic (exact) mass is 144 g/mol. The first-order valence-corrected chi connectivity index (χ1v) is 3.28. The van der Waals surface area contributed by atoms with Crippen LogP contribution in [-0.4, -0.2) is 22.8 Å². The van der Waals surface area contributed by atoms with E-state index in [9.17, 15) is 4.79 Å². The first-order valence-electron chi connectivity index (χ1n) is 3.28. The van der Waals surface area contributed by atoms with E-state index in [1.807, 2.05) is 6.92 Å². The molecule has 4 N–H and O–H groups in total. The van der Waals surface area contributed by atoms with Crippen molar-refractivity contribution in [1.29, 1.82) is 0 Å². The third kappa shape index (κ3) is 1.39. The fourth-order valence-corrected chi connectivity index (χ4v) is 1.46. The molecule has 0 bridgehead atoms. The summed E-state index contributed by atoms with van der Waals surface area (Å²) in [6.07, 6.45) is 0.535.